The Balaban J connectivity index is 1.95. The molecule has 21 heavy (non-hydrogen) atoms. The van der Waals surface area contributed by atoms with Crippen molar-refractivity contribution in [3.63, 3.8) is 0 Å². The molecule has 0 spiro atoms. The average molecular weight is 317 g/mol. The van der Waals surface area contributed by atoms with Crippen molar-refractivity contribution in [2.75, 3.05) is 44.2 Å². The number of nitrogens with one attached hydrogen (secondary N) is 1. The Kier molecular flexibility index (Phi) is 6.09. The first-order valence-electron chi connectivity index (χ1n) is 8.58. The highest BCUT2D eigenvalue weighted by Crippen LogP contribution is 2.39. The smallest absolute Gasteiger partial charge is 0.152 e. The van der Waals surface area contributed by atoms with Gasteiger partial charge in [-0.25, -0.2) is 8.42 Å². The van der Waals surface area contributed by atoms with Gasteiger partial charge in [-0.2, -0.15) is 0 Å². The van der Waals surface area contributed by atoms with Gasteiger partial charge in [0.2, 0.25) is 0 Å². The number of hydrogen-bond acceptors (Lipinski definition) is 4. The Hall–Kier alpha value is -0.130. The van der Waals surface area contributed by atoms with E-state index in [-0.39, 0.29) is 0 Å². The molecule has 0 radical (unpaired) electrons. The molecule has 1 aliphatic heterocycles. The molecule has 1 aliphatic carbocycles. The minimum Gasteiger partial charge on any atom is -0.316 e. The predicted octanol–water partition coefficient (Wildman–Crippen LogP) is 1.91. The lowest BCUT2D eigenvalue weighted by Gasteiger charge is -2.44. The van der Waals surface area contributed by atoms with Crippen molar-refractivity contribution in [2.24, 2.45) is 11.3 Å². The summed E-state index contributed by atoms with van der Waals surface area (Å²) < 4.78 is 23.2. The van der Waals surface area contributed by atoms with E-state index >= 15 is 0 Å². The Morgan fingerprint density at radius 2 is 2.00 bits per heavy atom. The summed E-state index contributed by atoms with van der Waals surface area (Å²) in [6.07, 6.45) is 6.42. The molecule has 0 aromatic carbocycles. The molecular formula is C16H32N2O2S. The molecule has 2 unspecified atom stereocenters. The van der Waals surface area contributed by atoms with E-state index < -0.39 is 9.84 Å². The lowest BCUT2D eigenvalue weighted by atomic mass is 9.69. The molecule has 1 N–H and O–H groups in total. The van der Waals surface area contributed by atoms with E-state index in [1.165, 1.54) is 32.1 Å². The Bertz CT molecular complexity index is 410. The Morgan fingerprint density at radius 1 is 1.29 bits per heavy atom. The van der Waals surface area contributed by atoms with Crippen LogP contribution in [0.15, 0.2) is 0 Å². The molecule has 0 aromatic heterocycles. The summed E-state index contributed by atoms with van der Waals surface area (Å²) in [6.45, 7) is 9.29. The third-order valence-corrected chi connectivity index (χ3v) is 6.72. The average Bonchev–Trinajstić information content (AvgIpc) is 2.42. The van der Waals surface area contributed by atoms with Crippen LogP contribution in [0.5, 0.6) is 0 Å². The normalized spacial score (nSPS) is 33.9. The maximum atomic E-state index is 11.6. The number of sulfone groups is 1. The lowest BCUT2D eigenvalue weighted by molar-refractivity contribution is 0.0841. The predicted molar refractivity (Wildman–Crippen MR) is 88.3 cm³/mol. The van der Waals surface area contributed by atoms with Crippen LogP contribution in [0.25, 0.3) is 0 Å². The third-order valence-electron chi connectivity index (χ3n) is 5.11. The van der Waals surface area contributed by atoms with Crippen molar-refractivity contribution in [1.82, 2.24) is 10.2 Å². The molecule has 0 bridgehead atoms. The maximum absolute atomic E-state index is 11.6. The van der Waals surface area contributed by atoms with Crippen molar-refractivity contribution < 1.29 is 8.42 Å². The molecule has 2 fully saturated rings. The van der Waals surface area contributed by atoms with Gasteiger partial charge in [0.25, 0.3) is 0 Å². The molecule has 1 saturated carbocycles. The second kappa shape index (κ2) is 7.42. The first-order chi connectivity index (χ1) is 9.95. The second-order valence-electron chi connectivity index (χ2n) is 7.31. The van der Waals surface area contributed by atoms with Gasteiger partial charge in [-0.15, -0.1) is 0 Å². The van der Waals surface area contributed by atoms with E-state index in [1.54, 1.807) is 0 Å². The van der Waals surface area contributed by atoms with Crippen LogP contribution in [-0.4, -0.2) is 57.5 Å². The molecule has 0 aromatic rings. The topological polar surface area (TPSA) is 49.4 Å². The van der Waals surface area contributed by atoms with Crippen molar-refractivity contribution >= 4 is 9.84 Å². The molecular weight excluding hydrogens is 284 g/mol. The van der Waals surface area contributed by atoms with Crippen LogP contribution in [0.3, 0.4) is 0 Å². The van der Waals surface area contributed by atoms with Gasteiger partial charge in [0.1, 0.15) is 0 Å². The first kappa shape index (κ1) is 17.2. The third kappa shape index (κ3) is 5.22. The zero-order chi connectivity index (χ0) is 15.3. The summed E-state index contributed by atoms with van der Waals surface area (Å²) in [4.78, 5) is 2.40. The summed E-state index contributed by atoms with van der Waals surface area (Å²) in [5.41, 5.74) is 0.355. The summed E-state index contributed by atoms with van der Waals surface area (Å²) in [5, 5.41) is 3.63. The van der Waals surface area contributed by atoms with Gasteiger partial charge >= 0.3 is 0 Å². The molecule has 2 rings (SSSR count). The zero-order valence-electron chi connectivity index (χ0n) is 13.7. The molecule has 5 heteroatoms. The van der Waals surface area contributed by atoms with E-state index in [9.17, 15) is 8.42 Å². The van der Waals surface area contributed by atoms with Crippen LogP contribution < -0.4 is 5.32 Å². The van der Waals surface area contributed by atoms with Gasteiger partial charge in [0.15, 0.2) is 9.84 Å². The second-order valence-corrected chi connectivity index (χ2v) is 9.61. The zero-order valence-corrected chi connectivity index (χ0v) is 14.6. The quantitative estimate of drug-likeness (QED) is 0.761. The minimum absolute atomic E-state index is 0.348. The van der Waals surface area contributed by atoms with Crippen LogP contribution >= 0.6 is 0 Å². The fourth-order valence-electron chi connectivity index (χ4n) is 4.04. The van der Waals surface area contributed by atoms with E-state index in [0.717, 1.165) is 38.6 Å². The van der Waals surface area contributed by atoms with E-state index in [0.29, 0.717) is 16.9 Å². The van der Waals surface area contributed by atoms with Crippen LogP contribution in [0.2, 0.25) is 0 Å². The highest BCUT2D eigenvalue weighted by atomic mass is 32.2. The van der Waals surface area contributed by atoms with Gasteiger partial charge in [0, 0.05) is 26.2 Å². The SMILES string of the molecule is CCCNCC1(CN2CCS(=O)(=O)CC2)CCCC(C)C1. The van der Waals surface area contributed by atoms with Gasteiger partial charge in [-0.05, 0) is 37.1 Å². The van der Waals surface area contributed by atoms with Gasteiger partial charge in [-0.3, -0.25) is 0 Å². The number of nitrogens with zero attached hydrogens (tertiary/aromatic N) is 1. The summed E-state index contributed by atoms with van der Waals surface area (Å²) in [5.74, 6) is 1.50. The molecule has 1 heterocycles. The molecule has 2 aliphatic rings. The van der Waals surface area contributed by atoms with E-state index in [1.807, 2.05) is 0 Å². The van der Waals surface area contributed by atoms with E-state index in [4.69, 9.17) is 0 Å². The van der Waals surface area contributed by atoms with Crippen LogP contribution in [-0.2, 0) is 9.84 Å². The largest absolute Gasteiger partial charge is 0.316 e. The Morgan fingerprint density at radius 3 is 2.62 bits per heavy atom. The highest BCUT2D eigenvalue weighted by Gasteiger charge is 2.37. The summed E-state index contributed by atoms with van der Waals surface area (Å²) in [6, 6.07) is 0. The molecule has 4 nitrogen and oxygen atoms in total. The molecule has 124 valence electrons. The van der Waals surface area contributed by atoms with Crippen molar-refractivity contribution in [3.05, 3.63) is 0 Å². The fourth-order valence-corrected chi connectivity index (χ4v) is 5.32. The van der Waals surface area contributed by atoms with Crippen molar-refractivity contribution in [3.8, 4) is 0 Å². The molecule has 0 amide bonds. The lowest BCUT2D eigenvalue weighted by Crippen LogP contribution is -2.50. The monoisotopic (exact) mass is 316 g/mol. The minimum atomic E-state index is -2.77. The number of hydrogen-bond donors (Lipinski definition) is 1. The highest BCUT2D eigenvalue weighted by molar-refractivity contribution is 7.91. The molecule has 2 atom stereocenters. The first-order valence-corrected chi connectivity index (χ1v) is 10.4. The van der Waals surface area contributed by atoms with Crippen molar-refractivity contribution in [1.29, 1.82) is 0 Å². The van der Waals surface area contributed by atoms with Gasteiger partial charge in [-0.1, -0.05) is 26.7 Å². The van der Waals surface area contributed by atoms with Crippen LogP contribution in [0, 0.1) is 11.3 Å². The maximum Gasteiger partial charge on any atom is 0.152 e. The van der Waals surface area contributed by atoms with E-state index in [2.05, 4.69) is 24.1 Å². The summed E-state index contributed by atoms with van der Waals surface area (Å²) in [7, 11) is -2.77. The van der Waals surface area contributed by atoms with Crippen LogP contribution in [0.1, 0.15) is 46.0 Å². The Labute approximate surface area is 130 Å². The fraction of sp³-hybridized carbons (Fsp3) is 1.00. The molecule has 1 saturated heterocycles. The van der Waals surface area contributed by atoms with Gasteiger partial charge in [0.05, 0.1) is 11.5 Å². The number of rotatable bonds is 6. The summed E-state index contributed by atoms with van der Waals surface area (Å²) >= 11 is 0. The standard InChI is InChI=1S/C16H32N2O2S/c1-3-7-17-13-16(6-4-5-15(2)12-16)14-18-8-10-21(19,20)11-9-18/h15,17H,3-14H2,1-2H3. The van der Waals surface area contributed by atoms with Crippen molar-refractivity contribution in [2.45, 2.75) is 46.0 Å². The van der Waals surface area contributed by atoms with Gasteiger partial charge < -0.3 is 10.2 Å². The van der Waals surface area contributed by atoms with Crippen LogP contribution in [0.4, 0.5) is 0 Å².